The van der Waals surface area contributed by atoms with E-state index >= 15 is 0 Å². The van der Waals surface area contributed by atoms with Crippen molar-refractivity contribution in [1.29, 1.82) is 0 Å². The van der Waals surface area contributed by atoms with Crippen molar-refractivity contribution in [3.8, 4) is 0 Å². The Kier molecular flexibility index (Phi) is 3.32. The van der Waals surface area contributed by atoms with Gasteiger partial charge in [0, 0.05) is 6.54 Å². The molecule has 0 aliphatic carbocycles. The molecule has 0 radical (unpaired) electrons. The van der Waals surface area contributed by atoms with Gasteiger partial charge in [-0.1, -0.05) is 0 Å². The van der Waals surface area contributed by atoms with Crippen LogP contribution in [-0.4, -0.2) is 28.5 Å². The van der Waals surface area contributed by atoms with Crippen molar-refractivity contribution in [1.82, 2.24) is 5.32 Å². The molecule has 0 heterocycles. The SMILES string of the molecule is CC(C)(O)NCCC(=O)O. The van der Waals surface area contributed by atoms with Crippen LogP contribution < -0.4 is 5.32 Å². The fourth-order valence-corrected chi connectivity index (χ4v) is 0.475. The standard InChI is InChI=1S/C6H13NO3/c1-6(2,10)7-4-3-5(8)9/h7,10H,3-4H2,1-2H3,(H,8,9). The summed E-state index contributed by atoms with van der Waals surface area (Å²) in [4.78, 5) is 9.96. The molecule has 0 bridgehead atoms. The highest BCUT2D eigenvalue weighted by Gasteiger charge is 2.10. The monoisotopic (exact) mass is 147 g/mol. The van der Waals surface area contributed by atoms with Crippen LogP contribution in [0.15, 0.2) is 0 Å². The molecule has 0 aromatic carbocycles. The van der Waals surface area contributed by atoms with Crippen LogP contribution in [0.25, 0.3) is 0 Å². The van der Waals surface area contributed by atoms with Gasteiger partial charge in [-0.25, -0.2) is 0 Å². The van der Waals surface area contributed by atoms with E-state index in [-0.39, 0.29) is 6.42 Å². The molecule has 0 atom stereocenters. The summed E-state index contributed by atoms with van der Waals surface area (Å²) in [7, 11) is 0. The van der Waals surface area contributed by atoms with Gasteiger partial charge in [0.1, 0.15) is 5.72 Å². The van der Waals surface area contributed by atoms with Gasteiger partial charge < -0.3 is 10.2 Å². The van der Waals surface area contributed by atoms with Crippen molar-refractivity contribution in [3.63, 3.8) is 0 Å². The van der Waals surface area contributed by atoms with Crippen LogP contribution in [0.4, 0.5) is 0 Å². The van der Waals surface area contributed by atoms with Gasteiger partial charge in [-0.15, -0.1) is 0 Å². The minimum atomic E-state index is -0.977. The first kappa shape index (κ1) is 9.39. The summed E-state index contributed by atoms with van der Waals surface area (Å²) in [6, 6.07) is 0. The Labute approximate surface area is 59.9 Å². The number of carboxylic acids is 1. The molecule has 4 heteroatoms. The van der Waals surface area contributed by atoms with Gasteiger partial charge in [0.2, 0.25) is 0 Å². The zero-order chi connectivity index (χ0) is 8.20. The summed E-state index contributed by atoms with van der Waals surface area (Å²) in [5, 5.41) is 19.8. The Morgan fingerprint density at radius 1 is 1.60 bits per heavy atom. The number of rotatable bonds is 4. The number of carboxylic acid groups (broad SMARTS) is 1. The molecular weight excluding hydrogens is 134 g/mol. The zero-order valence-corrected chi connectivity index (χ0v) is 6.22. The van der Waals surface area contributed by atoms with Crippen LogP contribution >= 0.6 is 0 Å². The Bertz CT molecular complexity index is 117. The number of aliphatic hydroxyl groups is 1. The number of hydrogen-bond acceptors (Lipinski definition) is 3. The van der Waals surface area contributed by atoms with Crippen molar-refractivity contribution in [2.24, 2.45) is 0 Å². The van der Waals surface area contributed by atoms with Gasteiger partial charge in [-0.2, -0.15) is 0 Å². The highest BCUT2D eigenvalue weighted by Crippen LogP contribution is 1.93. The Balaban J connectivity index is 3.29. The third kappa shape index (κ3) is 7.39. The lowest BCUT2D eigenvalue weighted by Gasteiger charge is -2.17. The maximum atomic E-state index is 9.96. The van der Waals surface area contributed by atoms with Gasteiger partial charge in [-0.3, -0.25) is 10.1 Å². The van der Waals surface area contributed by atoms with E-state index in [1.807, 2.05) is 0 Å². The number of nitrogens with one attached hydrogen (secondary N) is 1. The van der Waals surface area contributed by atoms with E-state index in [2.05, 4.69) is 5.32 Å². The minimum absolute atomic E-state index is 0.0317. The van der Waals surface area contributed by atoms with Crippen LogP contribution in [0.3, 0.4) is 0 Å². The molecule has 3 N–H and O–H groups in total. The maximum Gasteiger partial charge on any atom is 0.304 e. The second-order valence-electron chi connectivity index (χ2n) is 2.63. The summed E-state index contributed by atoms with van der Waals surface area (Å²) < 4.78 is 0. The average molecular weight is 147 g/mol. The summed E-state index contributed by atoms with van der Waals surface area (Å²) in [5.74, 6) is -0.864. The second kappa shape index (κ2) is 3.53. The van der Waals surface area contributed by atoms with E-state index in [1.165, 1.54) is 0 Å². The van der Waals surface area contributed by atoms with Gasteiger partial charge >= 0.3 is 5.97 Å². The fraction of sp³-hybridized carbons (Fsp3) is 0.833. The van der Waals surface area contributed by atoms with Crippen molar-refractivity contribution in [3.05, 3.63) is 0 Å². The lowest BCUT2D eigenvalue weighted by Crippen LogP contribution is -2.39. The molecule has 60 valence electrons. The van der Waals surface area contributed by atoms with Gasteiger partial charge in [0.05, 0.1) is 6.42 Å². The Morgan fingerprint density at radius 2 is 2.10 bits per heavy atom. The Hall–Kier alpha value is -0.610. The highest BCUT2D eigenvalue weighted by atomic mass is 16.4. The molecule has 0 aliphatic rings. The van der Waals surface area contributed by atoms with E-state index in [9.17, 15) is 4.79 Å². The normalized spacial score (nSPS) is 11.5. The third-order valence-electron chi connectivity index (χ3n) is 0.896. The molecular formula is C6H13NO3. The first-order chi connectivity index (χ1) is 4.42. The molecule has 10 heavy (non-hydrogen) atoms. The molecule has 0 rings (SSSR count). The smallest absolute Gasteiger partial charge is 0.304 e. The van der Waals surface area contributed by atoms with Crippen LogP contribution in [-0.2, 0) is 4.79 Å². The minimum Gasteiger partial charge on any atom is -0.481 e. The van der Waals surface area contributed by atoms with Crippen LogP contribution in [0, 0.1) is 0 Å². The molecule has 0 saturated carbocycles. The molecule has 0 aromatic rings. The van der Waals surface area contributed by atoms with Gasteiger partial charge in [-0.05, 0) is 13.8 Å². The number of hydrogen-bond donors (Lipinski definition) is 3. The molecule has 0 spiro atoms. The third-order valence-corrected chi connectivity index (χ3v) is 0.896. The largest absolute Gasteiger partial charge is 0.481 e. The predicted octanol–water partition coefficient (Wildman–Crippen LogP) is -0.221. The quantitative estimate of drug-likeness (QED) is 0.481. The van der Waals surface area contributed by atoms with Crippen molar-refractivity contribution in [2.75, 3.05) is 6.54 Å². The lowest BCUT2D eigenvalue weighted by molar-refractivity contribution is -0.137. The average Bonchev–Trinajstić information content (AvgIpc) is 1.59. The van der Waals surface area contributed by atoms with Crippen LogP contribution in [0.2, 0.25) is 0 Å². The maximum absolute atomic E-state index is 9.96. The lowest BCUT2D eigenvalue weighted by atomic mass is 10.3. The van der Waals surface area contributed by atoms with Crippen LogP contribution in [0.5, 0.6) is 0 Å². The van der Waals surface area contributed by atoms with E-state index in [4.69, 9.17) is 10.2 Å². The van der Waals surface area contributed by atoms with E-state index < -0.39 is 11.7 Å². The molecule has 0 aliphatic heterocycles. The molecule has 0 unspecified atom stereocenters. The van der Waals surface area contributed by atoms with E-state index in [1.54, 1.807) is 13.8 Å². The van der Waals surface area contributed by atoms with Crippen molar-refractivity contribution >= 4 is 5.97 Å². The molecule has 0 saturated heterocycles. The molecule has 0 aromatic heterocycles. The fourth-order valence-electron chi connectivity index (χ4n) is 0.475. The van der Waals surface area contributed by atoms with Crippen molar-refractivity contribution < 1.29 is 15.0 Å². The predicted molar refractivity (Wildman–Crippen MR) is 36.6 cm³/mol. The topological polar surface area (TPSA) is 69.6 Å². The first-order valence-corrected chi connectivity index (χ1v) is 3.11. The summed E-state index contributed by atoms with van der Waals surface area (Å²) in [6.45, 7) is 3.42. The second-order valence-corrected chi connectivity index (χ2v) is 2.63. The summed E-state index contributed by atoms with van der Waals surface area (Å²) in [5.41, 5.74) is -0.977. The van der Waals surface area contributed by atoms with Crippen LogP contribution in [0.1, 0.15) is 20.3 Å². The van der Waals surface area contributed by atoms with E-state index in [0.717, 1.165) is 0 Å². The molecule has 4 nitrogen and oxygen atoms in total. The first-order valence-electron chi connectivity index (χ1n) is 3.11. The summed E-state index contributed by atoms with van der Waals surface area (Å²) >= 11 is 0. The summed E-state index contributed by atoms with van der Waals surface area (Å²) in [6.07, 6.45) is 0.0317. The number of carbonyl (C=O) groups is 1. The van der Waals surface area contributed by atoms with Gasteiger partial charge in [0.15, 0.2) is 0 Å². The zero-order valence-electron chi connectivity index (χ0n) is 6.22. The molecule has 0 fully saturated rings. The molecule has 0 amide bonds. The highest BCUT2D eigenvalue weighted by molar-refractivity contribution is 5.66. The number of aliphatic carboxylic acids is 1. The van der Waals surface area contributed by atoms with Gasteiger partial charge in [0.25, 0.3) is 0 Å². The Morgan fingerprint density at radius 3 is 2.40 bits per heavy atom. The van der Waals surface area contributed by atoms with Crippen molar-refractivity contribution in [2.45, 2.75) is 26.0 Å². The van der Waals surface area contributed by atoms with E-state index in [0.29, 0.717) is 6.54 Å².